The molecular weight excluding hydrogens is 887 g/mol. The number of carbonyl (C=O) groups excluding carboxylic acids is 3. The average Bonchev–Trinajstić information content (AvgIpc) is 3.80. The summed E-state index contributed by atoms with van der Waals surface area (Å²) in [5.74, 6) is -1.67. The molecule has 1 spiro atoms. The van der Waals surface area contributed by atoms with Crippen molar-refractivity contribution in [1.82, 2.24) is 15.1 Å². The van der Waals surface area contributed by atoms with Crippen molar-refractivity contribution in [2.75, 3.05) is 47.0 Å². The number of ether oxygens (including phenoxy) is 7. The molecule has 12 rings (SSSR count). The van der Waals surface area contributed by atoms with E-state index in [1.807, 2.05) is 27.0 Å². The van der Waals surface area contributed by atoms with Crippen molar-refractivity contribution in [3.8, 4) is 23.0 Å². The number of piperazine rings is 1. The maximum absolute atomic E-state index is 15.1. The van der Waals surface area contributed by atoms with E-state index in [1.165, 1.54) is 39.0 Å². The lowest BCUT2D eigenvalue weighted by atomic mass is 9.62. The van der Waals surface area contributed by atoms with Crippen LogP contribution in [0.25, 0.3) is 11.0 Å². The molecule has 18 heteroatoms. The van der Waals surface area contributed by atoms with Crippen LogP contribution in [0.4, 0.5) is 0 Å². The number of methoxy groups -OCH3 is 2. The summed E-state index contributed by atoms with van der Waals surface area (Å²) in [6, 6.07) is 11.5. The molecule has 1 aromatic heterocycles. The van der Waals surface area contributed by atoms with Crippen LogP contribution in [0.1, 0.15) is 58.1 Å². The number of piperidine rings is 1. The van der Waals surface area contributed by atoms with E-state index in [0.29, 0.717) is 58.6 Å². The van der Waals surface area contributed by atoms with Crippen molar-refractivity contribution in [3.63, 3.8) is 0 Å². The van der Waals surface area contributed by atoms with E-state index in [0.717, 1.165) is 16.7 Å². The number of thioether (sulfide) groups is 1. The van der Waals surface area contributed by atoms with E-state index >= 15 is 4.79 Å². The first-order valence-corrected chi connectivity index (χ1v) is 23.5. The number of esters is 3. The number of para-hydroxylation sites is 1. The molecule has 0 saturated carbocycles. The van der Waals surface area contributed by atoms with Crippen molar-refractivity contribution in [1.29, 1.82) is 0 Å². The molecule has 5 fully saturated rings. The zero-order valence-corrected chi connectivity index (χ0v) is 38.5. The van der Waals surface area contributed by atoms with Gasteiger partial charge in [-0.1, -0.05) is 24.3 Å². The van der Waals surface area contributed by atoms with E-state index in [4.69, 9.17) is 37.6 Å². The molecule has 4 aromatic rings. The number of benzene rings is 3. The number of nitrogens with one attached hydrogen (secondary N) is 1. The zero-order valence-electron chi connectivity index (χ0n) is 37.7. The average molecular weight is 938 g/mol. The highest BCUT2D eigenvalue weighted by molar-refractivity contribution is 8.00. The van der Waals surface area contributed by atoms with E-state index in [2.05, 4.69) is 15.1 Å². The molecule has 4 bridgehead atoms. The van der Waals surface area contributed by atoms with Gasteiger partial charge in [0.25, 0.3) is 0 Å². The monoisotopic (exact) mass is 937 g/mol. The van der Waals surface area contributed by atoms with Gasteiger partial charge in [0.15, 0.2) is 35.3 Å². The summed E-state index contributed by atoms with van der Waals surface area (Å²) in [7, 11) is 4.91. The third-order valence-corrected chi connectivity index (χ3v) is 16.8. The van der Waals surface area contributed by atoms with Crippen LogP contribution in [0.15, 0.2) is 69.1 Å². The number of hydrogen-bond acceptors (Lipinski definition) is 18. The highest BCUT2D eigenvalue weighted by atomic mass is 32.2. The SMILES string of the molecule is COc1cc2c(cc1OC(=O)c1cc3ccccc3oc1=O)CCN[C@]21CS[C@@H]2C3C(OC(C)=O)C(C)=C4OCOC4C3[C@H](COC1=O)N1C2[C@H]2c3c(cc(C)c(OC)c3O)C[C@@H]([C@@H]1O)N2C. The maximum Gasteiger partial charge on any atom is 0.351 e. The summed E-state index contributed by atoms with van der Waals surface area (Å²) in [6.45, 7) is 5.31. The highest BCUT2D eigenvalue weighted by Gasteiger charge is 2.67. The Morgan fingerprint density at radius 3 is 2.57 bits per heavy atom. The molecular formula is C49H51N3O14S. The Kier molecular flexibility index (Phi) is 10.7. The fourth-order valence-corrected chi connectivity index (χ4v) is 14.3. The third-order valence-electron chi connectivity index (χ3n) is 15.2. The van der Waals surface area contributed by atoms with E-state index in [9.17, 15) is 24.6 Å². The minimum Gasteiger partial charge on any atom is -0.504 e. The quantitative estimate of drug-likeness (QED) is 0.148. The van der Waals surface area contributed by atoms with Gasteiger partial charge in [-0.25, -0.2) is 14.4 Å². The summed E-state index contributed by atoms with van der Waals surface area (Å²) < 4.78 is 48.3. The topological polar surface area (TPSA) is 205 Å². The van der Waals surface area contributed by atoms with Crippen LogP contribution in [0.2, 0.25) is 0 Å². The third kappa shape index (κ3) is 6.54. The van der Waals surface area contributed by atoms with Gasteiger partial charge < -0.3 is 47.8 Å². The van der Waals surface area contributed by atoms with Crippen LogP contribution in [0, 0.1) is 18.8 Å². The van der Waals surface area contributed by atoms with Gasteiger partial charge in [-0.3, -0.25) is 19.9 Å². The Bertz CT molecular complexity index is 2850. The first kappa shape index (κ1) is 43.9. The molecule has 5 unspecified atom stereocenters. The van der Waals surface area contributed by atoms with Crippen LogP contribution in [-0.2, 0) is 46.9 Å². The predicted octanol–water partition coefficient (Wildman–Crippen LogP) is 3.85. The lowest BCUT2D eigenvalue weighted by Crippen LogP contribution is -2.78. The van der Waals surface area contributed by atoms with Crippen molar-refractivity contribution < 1.29 is 62.2 Å². The normalized spacial score (nSPS) is 32.0. The zero-order chi connectivity index (χ0) is 46.8. The number of hydrogen-bond donors (Lipinski definition) is 3. The number of phenols is 1. The molecule has 352 valence electrons. The lowest BCUT2D eigenvalue weighted by Gasteiger charge is -2.66. The molecule has 0 amide bonds. The molecule has 8 heterocycles. The molecule has 3 N–H and O–H groups in total. The van der Waals surface area contributed by atoms with Gasteiger partial charge in [0, 0.05) is 58.9 Å². The first-order chi connectivity index (χ1) is 32.3. The van der Waals surface area contributed by atoms with Gasteiger partial charge in [0.05, 0.1) is 32.3 Å². The Hall–Kier alpha value is -5.63. The second-order valence-corrected chi connectivity index (χ2v) is 19.7. The number of nitrogens with zero attached hydrogens (tertiary/aromatic N) is 2. The minimum atomic E-state index is -1.48. The summed E-state index contributed by atoms with van der Waals surface area (Å²) in [5.41, 5.74) is 2.04. The summed E-state index contributed by atoms with van der Waals surface area (Å²) in [6.07, 6.45) is -1.54. The first-order valence-electron chi connectivity index (χ1n) is 22.5. The number of likely N-dealkylation sites (N-methyl/N-ethyl adjacent to an activating group) is 1. The second-order valence-electron chi connectivity index (χ2n) is 18.5. The standard InChI is InChI=1S/C49H51N3O14S/c1-21-13-26-15-29-45(55)52-30-18-61-48(58)49(28-17-32(59-5)33(16-24(28)11-12-50-49)66-47(57)27-14-25-9-7-8-10-31(25)65-46(27)56)19-67-44(38(52)37(51(29)4)34(26)39(54)40(21)60-6)36-35(30)43-42(62-20-63-43)22(2)41(36)64-23(3)53/h7-10,13-14,16-17,29-30,35-38,41,43-45,50,54-55H,11-12,15,18-20H2,1-6H3/t29-,30-,35?,36?,37+,38?,41?,43?,44+,45-,49+/m0/s1. The number of fused-ring (bicyclic) bond motifs is 10. The summed E-state index contributed by atoms with van der Waals surface area (Å²) >= 11 is 1.50. The van der Waals surface area contributed by atoms with E-state index in [-0.39, 0.29) is 42.0 Å². The predicted molar refractivity (Wildman–Crippen MR) is 240 cm³/mol. The van der Waals surface area contributed by atoms with E-state index in [1.54, 1.807) is 36.4 Å². The molecule has 17 nitrogen and oxygen atoms in total. The van der Waals surface area contributed by atoms with Crippen LogP contribution >= 0.6 is 11.8 Å². The molecule has 5 saturated heterocycles. The van der Waals surface area contributed by atoms with Gasteiger partial charge in [0.1, 0.15) is 41.9 Å². The van der Waals surface area contributed by atoms with Crippen LogP contribution in [-0.4, -0.2) is 127 Å². The van der Waals surface area contributed by atoms with Gasteiger partial charge in [-0.15, -0.1) is 0 Å². The Labute approximate surface area is 389 Å². The molecule has 0 radical (unpaired) electrons. The molecule has 67 heavy (non-hydrogen) atoms. The van der Waals surface area contributed by atoms with E-state index < -0.39 is 88.8 Å². The maximum atomic E-state index is 15.1. The smallest absolute Gasteiger partial charge is 0.351 e. The van der Waals surface area contributed by atoms with Crippen molar-refractivity contribution >= 4 is 40.6 Å². The molecule has 11 atom stereocenters. The fraction of sp³-hybridized carbons (Fsp3) is 0.469. The van der Waals surface area contributed by atoms with Crippen molar-refractivity contribution in [3.05, 3.63) is 104 Å². The van der Waals surface area contributed by atoms with Gasteiger partial charge in [-0.05, 0) is 80.3 Å². The number of aromatic hydroxyl groups is 1. The Morgan fingerprint density at radius 1 is 0.985 bits per heavy atom. The fourth-order valence-electron chi connectivity index (χ4n) is 12.4. The number of carbonyl (C=O) groups is 3. The van der Waals surface area contributed by atoms with Crippen LogP contribution in [0.3, 0.4) is 0 Å². The minimum absolute atomic E-state index is 0.0172. The van der Waals surface area contributed by atoms with Gasteiger partial charge >= 0.3 is 23.5 Å². The van der Waals surface area contributed by atoms with Crippen LogP contribution < -0.4 is 25.2 Å². The van der Waals surface area contributed by atoms with Crippen molar-refractivity contribution in [2.45, 2.75) is 87.0 Å². The Morgan fingerprint density at radius 2 is 1.79 bits per heavy atom. The summed E-state index contributed by atoms with van der Waals surface area (Å²) in [5, 5.41) is 28.5. The summed E-state index contributed by atoms with van der Waals surface area (Å²) in [4.78, 5) is 59.1. The van der Waals surface area contributed by atoms with Crippen LogP contribution in [0.5, 0.6) is 23.0 Å². The largest absolute Gasteiger partial charge is 0.504 e. The number of aliphatic hydroxyl groups excluding tert-OH is 1. The lowest BCUT2D eigenvalue weighted by molar-refractivity contribution is -0.224. The number of aryl methyl sites for hydroxylation is 1. The number of aliphatic hydroxyl groups is 1. The Balaban J connectivity index is 1.05. The number of rotatable bonds is 5. The highest BCUT2D eigenvalue weighted by Crippen LogP contribution is 2.60. The molecule has 1 aliphatic carbocycles. The van der Waals surface area contributed by atoms with Gasteiger partial charge in [0.2, 0.25) is 0 Å². The van der Waals surface area contributed by atoms with Crippen molar-refractivity contribution in [2.24, 2.45) is 11.8 Å². The number of phenolic OH excluding ortho intramolecular Hbond substituents is 1. The molecule has 3 aromatic carbocycles. The second kappa shape index (κ2) is 16.3. The molecule has 7 aliphatic heterocycles. The van der Waals surface area contributed by atoms with Gasteiger partial charge in [-0.2, -0.15) is 11.8 Å². The molecule has 8 aliphatic rings.